The SMILES string of the molecule is CON(C)C(=O)C1CCc2cc(=O)c(OCc3ccccc3)c(C(=O)O)n21. The fraction of sp³-hybridized carbons (Fsp3) is 0.316. The number of hydrogen-bond donors (Lipinski definition) is 1. The number of nitrogens with zero attached hydrogens (tertiary/aromatic N) is 2. The number of ether oxygens (including phenoxy) is 1. The molecule has 1 aromatic heterocycles. The maximum atomic E-state index is 12.6. The van der Waals surface area contributed by atoms with E-state index in [1.54, 1.807) is 0 Å². The van der Waals surface area contributed by atoms with Crippen LogP contribution in [0.3, 0.4) is 0 Å². The third-order valence-corrected chi connectivity index (χ3v) is 4.57. The van der Waals surface area contributed by atoms with Gasteiger partial charge in [0.25, 0.3) is 5.91 Å². The molecule has 1 aromatic carbocycles. The number of rotatable bonds is 6. The molecule has 1 amide bonds. The van der Waals surface area contributed by atoms with Crippen LogP contribution in [0.4, 0.5) is 0 Å². The van der Waals surface area contributed by atoms with Gasteiger partial charge in [-0.1, -0.05) is 30.3 Å². The zero-order valence-electron chi connectivity index (χ0n) is 15.0. The topological polar surface area (TPSA) is 98.1 Å². The van der Waals surface area contributed by atoms with Crippen molar-refractivity contribution in [2.45, 2.75) is 25.5 Å². The summed E-state index contributed by atoms with van der Waals surface area (Å²) in [6.07, 6.45) is 0.802. The Morgan fingerprint density at radius 1 is 1.30 bits per heavy atom. The van der Waals surface area contributed by atoms with Crippen molar-refractivity contribution in [3.8, 4) is 5.75 Å². The van der Waals surface area contributed by atoms with Gasteiger partial charge >= 0.3 is 5.97 Å². The molecule has 2 heterocycles. The third-order valence-electron chi connectivity index (χ3n) is 4.57. The molecular weight excluding hydrogens is 352 g/mol. The molecule has 1 N–H and O–H groups in total. The van der Waals surface area contributed by atoms with Gasteiger partial charge in [-0.2, -0.15) is 0 Å². The van der Waals surface area contributed by atoms with Crippen LogP contribution in [0.15, 0.2) is 41.2 Å². The van der Waals surface area contributed by atoms with Gasteiger partial charge in [0.15, 0.2) is 11.4 Å². The molecule has 27 heavy (non-hydrogen) atoms. The summed E-state index contributed by atoms with van der Waals surface area (Å²) in [5, 5.41) is 10.8. The van der Waals surface area contributed by atoms with Crippen LogP contribution >= 0.6 is 0 Å². The highest BCUT2D eigenvalue weighted by Gasteiger charge is 2.36. The summed E-state index contributed by atoms with van der Waals surface area (Å²) in [5.41, 5.74) is 0.467. The number of carbonyl (C=O) groups is 2. The molecule has 0 bridgehead atoms. The van der Waals surface area contributed by atoms with Gasteiger partial charge in [0.1, 0.15) is 12.6 Å². The van der Waals surface area contributed by atoms with Gasteiger partial charge in [0, 0.05) is 18.8 Å². The second kappa shape index (κ2) is 7.63. The molecule has 1 atom stereocenters. The summed E-state index contributed by atoms with van der Waals surface area (Å²) < 4.78 is 6.96. The monoisotopic (exact) mass is 372 g/mol. The molecule has 0 fully saturated rings. The van der Waals surface area contributed by atoms with Crippen LogP contribution in [0.1, 0.15) is 34.2 Å². The van der Waals surface area contributed by atoms with Gasteiger partial charge in [-0.15, -0.1) is 0 Å². The lowest BCUT2D eigenvalue weighted by Crippen LogP contribution is -2.34. The minimum absolute atomic E-state index is 0.0479. The number of carboxylic acid groups (broad SMARTS) is 1. The van der Waals surface area contributed by atoms with E-state index in [4.69, 9.17) is 9.57 Å². The molecule has 1 unspecified atom stereocenters. The zero-order valence-corrected chi connectivity index (χ0v) is 15.0. The predicted molar refractivity (Wildman–Crippen MR) is 95.6 cm³/mol. The fourth-order valence-corrected chi connectivity index (χ4v) is 3.22. The summed E-state index contributed by atoms with van der Waals surface area (Å²) in [6, 6.07) is 9.68. The van der Waals surface area contributed by atoms with Crippen LogP contribution in [0.5, 0.6) is 5.75 Å². The highest BCUT2D eigenvalue weighted by atomic mass is 16.7. The minimum atomic E-state index is -1.32. The molecule has 0 saturated carbocycles. The largest absolute Gasteiger partial charge is 0.482 e. The summed E-state index contributed by atoms with van der Waals surface area (Å²) in [7, 11) is 2.81. The lowest BCUT2D eigenvalue weighted by Gasteiger charge is -2.23. The first kappa shape index (κ1) is 18.7. The number of aromatic nitrogens is 1. The average molecular weight is 372 g/mol. The molecule has 142 valence electrons. The Kier molecular flexibility index (Phi) is 5.27. The number of carbonyl (C=O) groups excluding carboxylic acids is 1. The fourth-order valence-electron chi connectivity index (χ4n) is 3.22. The molecule has 0 spiro atoms. The van der Waals surface area contributed by atoms with Crippen molar-refractivity contribution < 1.29 is 24.3 Å². The van der Waals surface area contributed by atoms with Gasteiger partial charge in [0.2, 0.25) is 5.43 Å². The van der Waals surface area contributed by atoms with E-state index >= 15 is 0 Å². The van der Waals surface area contributed by atoms with Gasteiger partial charge in [-0.25, -0.2) is 9.86 Å². The first-order valence-corrected chi connectivity index (χ1v) is 8.44. The van der Waals surface area contributed by atoms with Crippen molar-refractivity contribution in [1.29, 1.82) is 0 Å². The van der Waals surface area contributed by atoms with Crippen LogP contribution < -0.4 is 10.2 Å². The number of fused-ring (bicyclic) bond motifs is 1. The number of amides is 1. The molecule has 8 nitrogen and oxygen atoms in total. The zero-order chi connectivity index (χ0) is 19.6. The first-order valence-electron chi connectivity index (χ1n) is 8.44. The van der Waals surface area contributed by atoms with Crippen molar-refractivity contribution in [2.24, 2.45) is 0 Å². The molecule has 0 aliphatic carbocycles. The molecule has 8 heteroatoms. The number of hydroxylamine groups is 2. The lowest BCUT2D eigenvalue weighted by molar-refractivity contribution is -0.172. The standard InChI is InChI=1S/C19H20N2O6/c1-20(26-2)18(23)14-9-8-13-10-15(22)17(16(19(24)25)21(13)14)27-11-12-6-4-3-5-7-12/h3-7,10,14H,8-9,11H2,1-2H3,(H,24,25). The summed E-state index contributed by atoms with van der Waals surface area (Å²) in [6.45, 7) is 0.0479. The highest BCUT2D eigenvalue weighted by molar-refractivity contribution is 5.91. The third kappa shape index (κ3) is 3.56. The number of likely N-dealkylation sites (N-methyl/N-ethyl adjacent to an activating group) is 1. The van der Waals surface area contributed by atoms with Gasteiger partial charge in [0.05, 0.1) is 7.11 Å². The quantitative estimate of drug-likeness (QED) is 0.774. The van der Waals surface area contributed by atoms with E-state index in [1.807, 2.05) is 30.3 Å². The van der Waals surface area contributed by atoms with Gasteiger partial charge < -0.3 is 14.4 Å². The first-order chi connectivity index (χ1) is 12.9. The Morgan fingerprint density at radius 2 is 2.00 bits per heavy atom. The van der Waals surface area contributed by atoms with Crippen LogP contribution in [0, 0.1) is 0 Å². The molecule has 1 aliphatic rings. The molecule has 2 aromatic rings. The summed E-state index contributed by atoms with van der Waals surface area (Å²) >= 11 is 0. The van der Waals surface area contributed by atoms with E-state index < -0.39 is 23.3 Å². The highest BCUT2D eigenvalue weighted by Crippen LogP contribution is 2.32. The number of pyridine rings is 1. The lowest BCUT2D eigenvalue weighted by atomic mass is 10.2. The van der Waals surface area contributed by atoms with Crippen molar-refractivity contribution in [2.75, 3.05) is 14.2 Å². The van der Waals surface area contributed by atoms with E-state index in [0.29, 0.717) is 18.5 Å². The summed E-state index contributed by atoms with van der Waals surface area (Å²) in [4.78, 5) is 41.9. The van der Waals surface area contributed by atoms with Crippen LogP contribution in [-0.2, 0) is 22.7 Å². The number of hydrogen-bond acceptors (Lipinski definition) is 5. The van der Waals surface area contributed by atoms with E-state index in [1.165, 1.54) is 24.8 Å². The van der Waals surface area contributed by atoms with Crippen molar-refractivity contribution in [3.05, 3.63) is 63.6 Å². The van der Waals surface area contributed by atoms with E-state index in [9.17, 15) is 19.5 Å². The maximum absolute atomic E-state index is 12.6. The van der Waals surface area contributed by atoms with E-state index in [2.05, 4.69) is 0 Å². The van der Waals surface area contributed by atoms with Crippen molar-refractivity contribution >= 4 is 11.9 Å². The molecular formula is C19H20N2O6. The minimum Gasteiger partial charge on any atom is -0.482 e. The molecule has 1 aliphatic heterocycles. The van der Waals surface area contributed by atoms with Crippen LogP contribution in [0.2, 0.25) is 0 Å². The van der Waals surface area contributed by atoms with E-state index in [-0.39, 0.29) is 18.1 Å². The Hall–Kier alpha value is -3.13. The predicted octanol–water partition coefficient (Wildman–Crippen LogP) is 1.63. The Morgan fingerprint density at radius 3 is 2.63 bits per heavy atom. The van der Waals surface area contributed by atoms with Crippen molar-refractivity contribution in [3.63, 3.8) is 0 Å². The number of benzene rings is 1. The molecule has 3 rings (SSSR count). The Balaban J connectivity index is 2.04. The Bertz CT molecular complexity index is 922. The molecule has 0 saturated heterocycles. The van der Waals surface area contributed by atoms with Crippen molar-refractivity contribution in [1.82, 2.24) is 9.63 Å². The Labute approximate surface area is 155 Å². The van der Waals surface area contributed by atoms with Crippen LogP contribution in [-0.4, -0.2) is 40.8 Å². The summed E-state index contributed by atoms with van der Waals surface area (Å²) in [5.74, 6) is -1.98. The number of aromatic carboxylic acids is 1. The van der Waals surface area contributed by atoms with Crippen LogP contribution in [0.25, 0.3) is 0 Å². The average Bonchev–Trinajstić information content (AvgIpc) is 3.08. The number of aryl methyl sites for hydroxylation is 1. The maximum Gasteiger partial charge on any atom is 0.356 e. The van der Waals surface area contributed by atoms with Gasteiger partial charge in [-0.05, 0) is 18.4 Å². The normalized spacial score (nSPS) is 15.3. The molecule has 0 radical (unpaired) electrons. The second-order valence-corrected chi connectivity index (χ2v) is 6.20. The van der Waals surface area contributed by atoms with E-state index in [0.717, 1.165) is 10.6 Å². The number of carboxylic acids is 1. The smallest absolute Gasteiger partial charge is 0.356 e. The second-order valence-electron chi connectivity index (χ2n) is 6.20. The van der Waals surface area contributed by atoms with Gasteiger partial charge in [-0.3, -0.25) is 14.4 Å².